The monoisotopic (exact) mass is 328 g/mol. The van der Waals surface area contributed by atoms with E-state index in [0.29, 0.717) is 21.0 Å². The summed E-state index contributed by atoms with van der Waals surface area (Å²) in [6, 6.07) is 6.65. The van der Waals surface area contributed by atoms with Crippen LogP contribution in [0.2, 0.25) is 5.02 Å². The van der Waals surface area contributed by atoms with Crippen LogP contribution in [0.15, 0.2) is 29.4 Å². The first-order chi connectivity index (χ1) is 9.69. The summed E-state index contributed by atoms with van der Waals surface area (Å²) >= 11 is 8.69. The summed E-state index contributed by atoms with van der Waals surface area (Å²) in [6.07, 6.45) is 1.06. The lowest BCUT2D eigenvalue weighted by atomic mass is 10.3. The van der Waals surface area contributed by atoms with E-state index in [9.17, 15) is 4.79 Å². The van der Waals surface area contributed by atoms with E-state index in [1.807, 2.05) is 0 Å². The van der Waals surface area contributed by atoms with Crippen LogP contribution in [0.3, 0.4) is 0 Å². The Kier molecular flexibility index (Phi) is 5.63. The summed E-state index contributed by atoms with van der Waals surface area (Å²) in [5.41, 5.74) is 0.553. The molecule has 0 fully saturated rings. The molecule has 0 unspecified atom stereocenters. The smallest absolute Gasteiger partial charge is 0.306 e. The molecule has 2 amide bonds. The maximum Gasteiger partial charge on any atom is 0.325 e. The number of benzene rings is 1. The topological polar surface area (TPSA) is 66.9 Å². The minimum Gasteiger partial charge on any atom is -0.306 e. The number of amides is 2. The van der Waals surface area contributed by atoms with Crippen LogP contribution in [0.4, 0.5) is 15.6 Å². The molecule has 2 N–H and O–H groups in total. The minimum absolute atomic E-state index is 0.388. The van der Waals surface area contributed by atoms with Crippen molar-refractivity contribution >= 4 is 51.7 Å². The highest BCUT2D eigenvalue weighted by atomic mass is 35.5. The zero-order valence-electron chi connectivity index (χ0n) is 10.7. The van der Waals surface area contributed by atoms with Gasteiger partial charge >= 0.3 is 6.03 Å². The molecule has 0 saturated carbocycles. The number of nitrogens with zero attached hydrogens (tertiary/aromatic N) is 2. The fourth-order valence-corrected chi connectivity index (χ4v) is 2.90. The van der Waals surface area contributed by atoms with Crippen LogP contribution in [-0.4, -0.2) is 21.1 Å². The normalized spacial score (nSPS) is 10.3. The van der Waals surface area contributed by atoms with Crippen molar-refractivity contribution in [3.63, 3.8) is 0 Å². The molecule has 106 valence electrons. The van der Waals surface area contributed by atoms with Gasteiger partial charge in [-0.15, -0.1) is 0 Å². The van der Waals surface area contributed by atoms with E-state index in [2.05, 4.69) is 26.9 Å². The van der Waals surface area contributed by atoms with Crippen molar-refractivity contribution in [3.05, 3.63) is 29.3 Å². The fourth-order valence-electron chi connectivity index (χ4n) is 1.33. The third-order valence-electron chi connectivity index (χ3n) is 2.19. The Balaban J connectivity index is 1.91. The van der Waals surface area contributed by atoms with E-state index in [-0.39, 0.29) is 6.03 Å². The fraction of sp³-hybridized carbons (Fsp3) is 0.250. The highest BCUT2D eigenvalue weighted by Crippen LogP contribution is 2.22. The Hall–Kier alpha value is -1.31. The molecule has 0 bridgehead atoms. The summed E-state index contributed by atoms with van der Waals surface area (Å²) in [6.45, 7) is 2.09. The number of nitrogens with one attached hydrogen (secondary N) is 2. The second-order valence-electron chi connectivity index (χ2n) is 3.79. The van der Waals surface area contributed by atoms with Gasteiger partial charge in [-0.05, 0) is 18.6 Å². The van der Waals surface area contributed by atoms with Crippen LogP contribution in [0, 0.1) is 0 Å². The van der Waals surface area contributed by atoms with Gasteiger partial charge in [0.05, 0.1) is 10.7 Å². The standard InChI is InChI=1S/C12H13ClN4OS2/c1-2-7-19-12-16-11(20-17-12)15-10(18)14-9-6-4-3-5-8(9)13/h3-6H,2,7H2,1H3,(H2,14,15,16,17,18). The third-order valence-corrected chi connectivity index (χ3v) is 4.31. The van der Waals surface area contributed by atoms with Gasteiger partial charge in [-0.25, -0.2) is 4.79 Å². The van der Waals surface area contributed by atoms with Crippen molar-refractivity contribution < 1.29 is 4.79 Å². The number of halogens is 1. The molecule has 0 aliphatic carbocycles. The van der Waals surface area contributed by atoms with Gasteiger partial charge in [0.25, 0.3) is 0 Å². The predicted molar refractivity (Wildman–Crippen MR) is 85.0 cm³/mol. The molecule has 0 spiro atoms. The van der Waals surface area contributed by atoms with E-state index >= 15 is 0 Å². The van der Waals surface area contributed by atoms with Gasteiger partial charge in [0.15, 0.2) is 0 Å². The Morgan fingerprint density at radius 1 is 1.40 bits per heavy atom. The van der Waals surface area contributed by atoms with Crippen LogP contribution in [-0.2, 0) is 0 Å². The Morgan fingerprint density at radius 3 is 2.95 bits per heavy atom. The van der Waals surface area contributed by atoms with Crippen molar-refractivity contribution in [1.82, 2.24) is 9.36 Å². The first-order valence-electron chi connectivity index (χ1n) is 5.98. The highest BCUT2D eigenvalue weighted by Gasteiger charge is 2.09. The number of carbonyl (C=O) groups is 1. The molecule has 1 aromatic carbocycles. The quantitative estimate of drug-likeness (QED) is 0.801. The van der Waals surface area contributed by atoms with Crippen LogP contribution in [0.25, 0.3) is 0 Å². The number of urea groups is 1. The summed E-state index contributed by atoms with van der Waals surface area (Å²) < 4.78 is 4.16. The predicted octanol–water partition coefficient (Wildman–Crippen LogP) is 4.34. The lowest BCUT2D eigenvalue weighted by Crippen LogP contribution is -2.19. The zero-order valence-corrected chi connectivity index (χ0v) is 13.1. The molecule has 1 heterocycles. The molecule has 0 aliphatic rings. The average molecular weight is 329 g/mol. The van der Waals surface area contributed by atoms with E-state index in [0.717, 1.165) is 23.7 Å². The van der Waals surface area contributed by atoms with Gasteiger partial charge in [0, 0.05) is 17.3 Å². The second kappa shape index (κ2) is 7.47. The van der Waals surface area contributed by atoms with Crippen LogP contribution < -0.4 is 10.6 Å². The number of thioether (sulfide) groups is 1. The van der Waals surface area contributed by atoms with Gasteiger partial charge in [-0.2, -0.15) is 9.36 Å². The maximum absolute atomic E-state index is 11.8. The Morgan fingerprint density at radius 2 is 2.20 bits per heavy atom. The Labute approximate surface area is 130 Å². The van der Waals surface area contributed by atoms with Gasteiger partial charge in [0.2, 0.25) is 10.3 Å². The van der Waals surface area contributed by atoms with Crippen molar-refractivity contribution in [2.75, 3.05) is 16.4 Å². The van der Waals surface area contributed by atoms with Crippen LogP contribution in [0.1, 0.15) is 13.3 Å². The molecule has 2 rings (SSSR count). The zero-order chi connectivity index (χ0) is 14.4. The molecule has 1 aromatic heterocycles. The summed E-state index contributed by atoms with van der Waals surface area (Å²) in [5.74, 6) is 0.960. The summed E-state index contributed by atoms with van der Waals surface area (Å²) in [5, 5.41) is 6.93. The molecule has 0 saturated heterocycles. The SMILES string of the molecule is CCCSc1nsc(NC(=O)Nc2ccccc2Cl)n1. The van der Waals surface area contributed by atoms with Crippen molar-refractivity contribution in [1.29, 1.82) is 0 Å². The second-order valence-corrected chi connectivity index (χ2v) is 6.01. The van der Waals surface area contributed by atoms with Crippen LogP contribution >= 0.6 is 34.9 Å². The largest absolute Gasteiger partial charge is 0.325 e. The van der Waals surface area contributed by atoms with Gasteiger partial charge < -0.3 is 5.32 Å². The number of carbonyl (C=O) groups excluding carboxylic acids is 1. The molecule has 0 atom stereocenters. The van der Waals surface area contributed by atoms with Gasteiger partial charge in [0.1, 0.15) is 0 Å². The van der Waals surface area contributed by atoms with Crippen molar-refractivity contribution in [2.45, 2.75) is 18.5 Å². The van der Waals surface area contributed by atoms with E-state index < -0.39 is 0 Å². The van der Waals surface area contributed by atoms with Gasteiger partial charge in [-0.1, -0.05) is 42.4 Å². The number of hydrogen-bond acceptors (Lipinski definition) is 5. The minimum atomic E-state index is -0.388. The molecule has 20 heavy (non-hydrogen) atoms. The summed E-state index contributed by atoms with van der Waals surface area (Å²) in [4.78, 5) is 16.0. The molecular weight excluding hydrogens is 316 g/mol. The molecule has 5 nitrogen and oxygen atoms in total. The molecular formula is C12H13ClN4OS2. The first-order valence-corrected chi connectivity index (χ1v) is 8.11. The Bertz CT molecular complexity index is 590. The lowest BCUT2D eigenvalue weighted by Gasteiger charge is -2.06. The number of rotatable bonds is 5. The maximum atomic E-state index is 11.8. The molecule has 8 heteroatoms. The average Bonchev–Trinajstić information content (AvgIpc) is 2.86. The van der Waals surface area contributed by atoms with E-state index in [1.54, 1.807) is 36.0 Å². The first kappa shape index (κ1) is 15.1. The number of anilines is 2. The summed E-state index contributed by atoms with van der Waals surface area (Å²) in [7, 11) is 0. The van der Waals surface area contributed by atoms with Crippen molar-refractivity contribution in [2.24, 2.45) is 0 Å². The van der Waals surface area contributed by atoms with Crippen molar-refractivity contribution in [3.8, 4) is 0 Å². The van der Waals surface area contributed by atoms with E-state index in [1.165, 1.54) is 0 Å². The number of aromatic nitrogens is 2. The molecule has 0 aliphatic heterocycles. The number of hydrogen-bond donors (Lipinski definition) is 2. The molecule has 2 aromatic rings. The van der Waals surface area contributed by atoms with E-state index in [4.69, 9.17) is 11.6 Å². The van der Waals surface area contributed by atoms with Gasteiger partial charge in [-0.3, -0.25) is 5.32 Å². The number of para-hydroxylation sites is 1. The third kappa shape index (κ3) is 4.36. The lowest BCUT2D eigenvalue weighted by molar-refractivity contribution is 0.262. The van der Waals surface area contributed by atoms with Crippen LogP contribution in [0.5, 0.6) is 0 Å². The highest BCUT2D eigenvalue weighted by molar-refractivity contribution is 7.99. The molecule has 0 radical (unpaired) electrons.